The average Bonchev–Trinajstić information content (AvgIpc) is 1.27. The van der Waals surface area contributed by atoms with Crippen molar-refractivity contribution in [3.63, 3.8) is 0 Å². The summed E-state index contributed by atoms with van der Waals surface area (Å²) < 4.78 is 3.36. The maximum Gasteiger partial charge on any atom is 0.619 e. The molecule has 0 aromatic rings. The van der Waals surface area contributed by atoms with Crippen LogP contribution in [-0.2, 0) is 4.57 Å². The fourth-order valence-electron chi connectivity index (χ4n) is 0.104. The Kier molecular flexibility index (Phi) is 6.80. The summed E-state index contributed by atoms with van der Waals surface area (Å²) in [6.07, 6.45) is 0. The van der Waals surface area contributed by atoms with E-state index in [0.717, 1.165) is 0 Å². The van der Waals surface area contributed by atoms with Crippen LogP contribution in [-0.4, -0.2) is 29.7 Å². The van der Waals surface area contributed by atoms with Crippen molar-refractivity contribution in [2.45, 2.75) is 0 Å². The smallest absolute Gasteiger partial charge is 0.619 e. The molecule has 0 bridgehead atoms. The Labute approximate surface area is 46.7 Å². The van der Waals surface area contributed by atoms with Crippen molar-refractivity contribution in [2.24, 2.45) is 0 Å². The third-order valence-corrected chi connectivity index (χ3v) is 0.238. The van der Waals surface area contributed by atoms with Gasteiger partial charge in [-0.05, 0) is 0 Å². The Morgan fingerprint density at radius 1 is 1.25 bits per heavy atom. The van der Waals surface area contributed by atoms with E-state index in [1.165, 1.54) is 0 Å². The standard InChI is InChI=1S/B2H3O5.H3N/c3-1(4)7-2(5)6;/h3-5H;1H3/q-1;/p+1. The van der Waals surface area contributed by atoms with E-state index in [2.05, 4.69) is 4.57 Å². The molecule has 0 aliphatic rings. The van der Waals surface area contributed by atoms with Crippen LogP contribution in [0.2, 0.25) is 0 Å². The predicted molar refractivity (Wildman–Crippen MR) is 25.2 cm³/mol. The molecule has 0 unspecified atom stereocenters. The normalized spacial score (nSPS) is 7.50. The van der Waals surface area contributed by atoms with Crippen molar-refractivity contribution in [1.29, 1.82) is 0 Å². The van der Waals surface area contributed by atoms with Crippen molar-refractivity contribution >= 4 is 14.6 Å². The maximum absolute atomic E-state index is 9.35. The van der Waals surface area contributed by atoms with Gasteiger partial charge in [0, 0.05) is 0 Å². The van der Waals surface area contributed by atoms with Crippen LogP contribution in [0.15, 0.2) is 0 Å². The van der Waals surface area contributed by atoms with E-state index < -0.39 is 14.6 Å². The second-order valence-corrected chi connectivity index (χ2v) is 0.769. The van der Waals surface area contributed by atoms with E-state index in [4.69, 9.17) is 15.1 Å². The quantitative estimate of drug-likeness (QED) is 0.285. The summed E-state index contributed by atoms with van der Waals surface area (Å²) in [6, 6.07) is 0. The average molecular weight is 123 g/mol. The molecule has 0 heterocycles. The van der Waals surface area contributed by atoms with Crippen molar-refractivity contribution < 1.29 is 24.7 Å². The Balaban J connectivity index is 0. The summed E-state index contributed by atoms with van der Waals surface area (Å²) in [7, 11) is -4.56. The molecule has 0 atom stereocenters. The molecule has 0 aliphatic heterocycles. The van der Waals surface area contributed by atoms with Crippen LogP contribution in [0.5, 0.6) is 0 Å². The highest BCUT2D eigenvalue weighted by Gasteiger charge is 2.08. The fraction of sp³-hybridized carbons (Fsp3) is 0. The van der Waals surface area contributed by atoms with Gasteiger partial charge in [-0.2, -0.15) is 0 Å². The molecule has 0 aliphatic carbocycles. The van der Waals surface area contributed by atoms with Gasteiger partial charge in [-0.3, -0.25) is 0 Å². The minimum absolute atomic E-state index is 0. The lowest BCUT2D eigenvalue weighted by Crippen LogP contribution is -2.40. The zero-order chi connectivity index (χ0) is 5.86. The van der Waals surface area contributed by atoms with Gasteiger partial charge < -0.3 is 30.8 Å². The van der Waals surface area contributed by atoms with Gasteiger partial charge in [0.05, 0.1) is 0 Å². The second kappa shape index (κ2) is 5.04. The highest BCUT2D eigenvalue weighted by Crippen LogP contribution is 1.69. The minimum Gasteiger partial charge on any atom is -0.833 e. The van der Waals surface area contributed by atoms with Crippen LogP contribution in [0.4, 0.5) is 0 Å². The SMILES string of the molecule is [NH4+].[O-]B(O)OB(O)O. The molecule has 0 saturated carbocycles. The Morgan fingerprint density at radius 2 is 1.62 bits per heavy atom. The predicted octanol–water partition coefficient (Wildman–Crippen LogP) is -3.31. The van der Waals surface area contributed by atoms with Crippen LogP contribution in [0.3, 0.4) is 0 Å². The monoisotopic (exact) mass is 123 g/mol. The van der Waals surface area contributed by atoms with Gasteiger partial charge in [-0.25, -0.2) is 0 Å². The van der Waals surface area contributed by atoms with E-state index in [0.29, 0.717) is 0 Å². The zero-order valence-corrected chi connectivity index (χ0v) is 4.31. The molecular formula is H7B2NO5. The highest BCUT2D eigenvalue weighted by molar-refractivity contribution is 6.47. The summed E-state index contributed by atoms with van der Waals surface area (Å²) in [5, 5.41) is 32.4. The minimum atomic E-state index is -2.38. The first kappa shape index (κ1) is 10.8. The Bertz CT molecular complexity index is 39.7. The summed E-state index contributed by atoms with van der Waals surface area (Å²) in [5.74, 6) is 0. The largest absolute Gasteiger partial charge is 0.833 e. The summed E-state index contributed by atoms with van der Waals surface area (Å²) in [4.78, 5) is 0. The lowest BCUT2D eigenvalue weighted by Gasteiger charge is -2.09. The molecular weight excluding hydrogens is 116 g/mol. The summed E-state index contributed by atoms with van der Waals surface area (Å²) >= 11 is 0. The number of hydrogen-bond acceptors (Lipinski definition) is 5. The van der Waals surface area contributed by atoms with Gasteiger partial charge in [0.2, 0.25) is 0 Å². The first-order chi connectivity index (χ1) is 3.13. The molecule has 0 fully saturated rings. The zero-order valence-electron chi connectivity index (χ0n) is 4.31. The molecule has 0 radical (unpaired) electrons. The summed E-state index contributed by atoms with van der Waals surface area (Å²) in [5.41, 5.74) is 0. The third kappa shape index (κ3) is 9.31. The van der Waals surface area contributed by atoms with Crippen molar-refractivity contribution in [3.8, 4) is 0 Å². The van der Waals surface area contributed by atoms with E-state index >= 15 is 0 Å². The molecule has 6 nitrogen and oxygen atoms in total. The molecule has 8 heavy (non-hydrogen) atoms. The molecule has 48 valence electrons. The molecule has 8 heteroatoms. The van der Waals surface area contributed by atoms with Gasteiger partial charge in [-0.1, -0.05) is 0 Å². The number of rotatable bonds is 2. The fourth-order valence-corrected chi connectivity index (χ4v) is 0.104. The van der Waals surface area contributed by atoms with Gasteiger partial charge in [-0.15, -0.1) is 0 Å². The first-order valence-corrected chi connectivity index (χ1v) is 1.48. The Morgan fingerprint density at radius 3 is 1.62 bits per heavy atom. The molecule has 0 amide bonds. The molecule has 0 rings (SSSR count). The van der Waals surface area contributed by atoms with E-state index in [1.807, 2.05) is 0 Å². The molecule has 0 aromatic carbocycles. The van der Waals surface area contributed by atoms with Gasteiger partial charge in [0.15, 0.2) is 0 Å². The topological polar surface area (TPSA) is 129 Å². The first-order valence-electron chi connectivity index (χ1n) is 1.48. The van der Waals surface area contributed by atoms with Crippen molar-refractivity contribution in [2.75, 3.05) is 0 Å². The van der Waals surface area contributed by atoms with Crippen LogP contribution >= 0.6 is 0 Å². The molecule has 0 spiro atoms. The number of hydrogen-bond donors (Lipinski definition) is 4. The van der Waals surface area contributed by atoms with Crippen LogP contribution < -0.4 is 11.2 Å². The van der Waals surface area contributed by atoms with Gasteiger partial charge in [0.1, 0.15) is 0 Å². The van der Waals surface area contributed by atoms with E-state index in [9.17, 15) is 5.02 Å². The van der Waals surface area contributed by atoms with Crippen LogP contribution in [0.1, 0.15) is 0 Å². The van der Waals surface area contributed by atoms with Crippen molar-refractivity contribution in [1.82, 2.24) is 6.15 Å². The third-order valence-electron chi connectivity index (χ3n) is 0.238. The van der Waals surface area contributed by atoms with E-state index in [1.54, 1.807) is 0 Å². The van der Waals surface area contributed by atoms with E-state index in [-0.39, 0.29) is 6.15 Å². The van der Waals surface area contributed by atoms with Gasteiger partial charge >= 0.3 is 14.6 Å². The molecule has 0 aromatic heterocycles. The van der Waals surface area contributed by atoms with Crippen LogP contribution in [0, 0.1) is 0 Å². The van der Waals surface area contributed by atoms with Crippen molar-refractivity contribution in [3.05, 3.63) is 0 Å². The molecule has 0 saturated heterocycles. The second-order valence-electron chi connectivity index (χ2n) is 0.769. The number of quaternary nitrogens is 1. The maximum atomic E-state index is 9.35. The Hall–Kier alpha value is -0.110. The lowest BCUT2D eigenvalue weighted by atomic mass is 10.1. The summed E-state index contributed by atoms with van der Waals surface area (Å²) in [6.45, 7) is 0. The lowest BCUT2D eigenvalue weighted by molar-refractivity contribution is -0.241. The highest BCUT2D eigenvalue weighted by atomic mass is 16.7. The van der Waals surface area contributed by atoms with Gasteiger partial charge in [0.25, 0.3) is 0 Å². The van der Waals surface area contributed by atoms with Crippen LogP contribution in [0.25, 0.3) is 0 Å². The molecule has 7 N–H and O–H groups in total.